The zero-order chi connectivity index (χ0) is 20.2. The van der Waals surface area contributed by atoms with Crippen LogP contribution in [0.1, 0.15) is 48.0 Å². The molecule has 0 spiro atoms. The molecule has 0 atom stereocenters. The molecule has 1 N–H and O–H groups in total. The molecule has 6 heteroatoms. The molecule has 0 radical (unpaired) electrons. The van der Waals surface area contributed by atoms with E-state index in [0.29, 0.717) is 30.6 Å². The highest BCUT2D eigenvalue weighted by Gasteiger charge is 2.21. The fraction of sp³-hybridized carbons (Fsp3) is 0.348. The van der Waals surface area contributed by atoms with Gasteiger partial charge in [-0.3, -0.25) is 14.4 Å². The van der Waals surface area contributed by atoms with Crippen LogP contribution in [0.5, 0.6) is 0 Å². The quantitative estimate of drug-likeness (QED) is 0.847. The van der Waals surface area contributed by atoms with Crippen molar-refractivity contribution >= 4 is 29.1 Å². The summed E-state index contributed by atoms with van der Waals surface area (Å²) in [5.74, 6) is 0.126. The summed E-state index contributed by atoms with van der Waals surface area (Å²) in [6.07, 6.45) is 4.06. The van der Waals surface area contributed by atoms with Crippen LogP contribution >= 0.6 is 0 Å². The zero-order valence-corrected chi connectivity index (χ0v) is 16.4. The maximum absolute atomic E-state index is 12.6. The second kappa shape index (κ2) is 8.47. The van der Waals surface area contributed by atoms with Gasteiger partial charge in [-0.2, -0.15) is 0 Å². The summed E-state index contributed by atoms with van der Waals surface area (Å²) in [4.78, 5) is 40.1. The van der Waals surface area contributed by atoms with Gasteiger partial charge in [0.15, 0.2) is 0 Å². The molecule has 0 saturated carbocycles. The Morgan fingerprint density at radius 1 is 0.897 bits per heavy atom. The Bertz CT molecular complexity index is 923. The van der Waals surface area contributed by atoms with E-state index in [9.17, 15) is 14.4 Å². The third-order valence-corrected chi connectivity index (χ3v) is 5.50. The van der Waals surface area contributed by atoms with Gasteiger partial charge >= 0.3 is 0 Å². The molecule has 0 bridgehead atoms. The molecule has 3 amide bonds. The molecule has 2 aliphatic heterocycles. The molecule has 29 heavy (non-hydrogen) atoms. The summed E-state index contributed by atoms with van der Waals surface area (Å²) in [6, 6.07) is 14.8. The molecule has 0 aromatic heterocycles. The van der Waals surface area contributed by atoms with Crippen LogP contribution in [0.25, 0.3) is 0 Å². The highest BCUT2D eigenvalue weighted by atomic mass is 16.2. The van der Waals surface area contributed by atoms with Gasteiger partial charge in [-0.25, -0.2) is 0 Å². The maximum atomic E-state index is 12.6. The minimum absolute atomic E-state index is 0.131. The number of nitrogens with zero attached hydrogens (tertiary/aromatic N) is 2. The highest BCUT2D eigenvalue weighted by molar-refractivity contribution is 6.04. The fourth-order valence-electron chi connectivity index (χ4n) is 3.89. The number of amides is 3. The molecule has 150 valence electrons. The molecular weight excluding hydrogens is 366 g/mol. The lowest BCUT2D eigenvalue weighted by Gasteiger charge is -2.27. The van der Waals surface area contributed by atoms with E-state index in [-0.39, 0.29) is 17.7 Å². The van der Waals surface area contributed by atoms with Gasteiger partial charge in [-0.1, -0.05) is 18.2 Å². The molecular formula is C23H25N3O3. The number of hydrogen-bond donors (Lipinski definition) is 1. The largest absolute Gasteiger partial charge is 0.338 e. The summed E-state index contributed by atoms with van der Waals surface area (Å²) in [7, 11) is 0. The molecule has 2 aromatic rings. The number of carbonyl (C=O) groups excluding carboxylic acids is 3. The average Bonchev–Trinajstić information content (AvgIpc) is 3.13. The SMILES string of the molecule is O=C(Nc1cccc(N2CCCCC2=O)c1)c1ccc(CN2CCCC2=O)cc1. The van der Waals surface area contributed by atoms with Crippen molar-refractivity contribution in [3.63, 3.8) is 0 Å². The van der Waals surface area contributed by atoms with Crippen molar-refractivity contribution in [1.29, 1.82) is 0 Å². The van der Waals surface area contributed by atoms with Crippen LogP contribution < -0.4 is 10.2 Å². The highest BCUT2D eigenvalue weighted by Crippen LogP contribution is 2.24. The van der Waals surface area contributed by atoms with Gasteiger partial charge < -0.3 is 15.1 Å². The zero-order valence-electron chi connectivity index (χ0n) is 16.4. The average molecular weight is 391 g/mol. The topological polar surface area (TPSA) is 69.7 Å². The van der Waals surface area contributed by atoms with Crippen molar-refractivity contribution in [2.45, 2.75) is 38.6 Å². The molecule has 0 unspecified atom stereocenters. The van der Waals surface area contributed by atoms with Gasteiger partial charge in [0.05, 0.1) is 0 Å². The van der Waals surface area contributed by atoms with E-state index >= 15 is 0 Å². The summed E-state index contributed by atoms with van der Waals surface area (Å²) in [6.45, 7) is 2.11. The predicted molar refractivity (Wildman–Crippen MR) is 112 cm³/mol. The van der Waals surface area contributed by atoms with Crippen molar-refractivity contribution in [3.05, 3.63) is 59.7 Å². The second-order valence-electron chi connectivity index (χ2n) is 7.62. The van der Waals surface area contributed by atoms with E-state index in [4.69, 9.17) is 0 Å². The minimum Gasteiger partial charge on any atom is -0.338 e. The van der Waals surface area contributed by atoms with E-state index in [0.717, 1.165) is 43.6 Å². The number of rotatable bonds is 5. The summed E-state index contributed by atoms with van der Waals surface area (Å²) < 4.78 is 0. The number of nitrogens with one attached hydrogen (secondary N) is 1. The number of hydrogen-bond acceptors (Lipinski definition) is 3. The Morgan fingerprint density at radius 3 is 2.41 bits per heavy atom. The van der Waals surface area contributed by atoms with Crippen LogP contribution in [0.15, 0.2) is 48.5 Å². The van der Waals surface area contributed by atoms with Crippen molar-refractivity contribution in [2.75, 3.05) is 23.3 Å². The van der Waals surface area contributed by atoms with Crippen LogP contribution in [0.2, 0.25) is 0 Å². The number of anilines is 2. The van der Waals surface area contributed by atoms with E-state index in [1.807, 2.05) is 41.3 Å². The van der Waals surface area contributed by atoms with Crippen LogP contribution in [0.4, 0.5) is 11.4 Å². The Kier molecular flexibility index (Phi) is 5.60. The molecule has 0 aliphatic carbocycles. The van der Waals surface area contributed by atoms with Crippen LogP contribution in [0.3, 0.4) is 0 Å². The lowest BCUT2D eigenvalue weighted by Crippen LogP contribution is -2.35. The predicted octanol–water partition coefficient (Wildman–Crippen LogP) is 3.58. The van der Waals surface area contributed by atoms with Crippen molar-refractivity contribution < 1.29 is 14.4 Å². The van der Waals surface area contributed by atoms with Crippen LogP contribution in [-0.2, 0) is 16.1 Å². The molecule has 6 nitrogen and oxygen atoms in total. The number of benzene rings is 2. The Labute approximate surface area is 170 Å². The standard InChI is InChI=1S/C23H25N3O3/c27-21-8-4-13-25(21)16-17-9-11-18(12-10-17)23(29)24-19-5-3-6-20(15-19)26-14-2-1-7-22(26)28/h3,5-6,9-12,15H,1-2,4,7-8,13-14,16H2,(H,24,29). The van der Waals surface area contributed by atoms with Crippen molar-refractivity contribution in [1.82, 2.24) is 4.90 Å². The maximum Gasteiger partial charge on any atom is 0.255 e. The Hall–Kier alpha value is -3.15. The van der Waals surface area contributed by atoms with E-state index < -0.39 is 0 Å². The first kappa shape index (κ1) is 19.2. The normalized spacial score (nSPS) is 17.0. The van der Waals surface area contributed by atoms with Gasteiger partial charge in [-0.05, 0) is 55.2 Å². The third kappa shape index (κ3) is 4.47. The lowest BCUT2D eigenvalue weighted by atomic mass is 10.1. The van der Waals surface area contributed by atoms with Crippen molar-refractivity contribution in [3.8, 4) is 0 Å². The van der Waals surface area contributed by atoms with Gasteiger partial charge in [0, 0.05) is 49.4 Å². The first-order valence-electron chi connectivity index (χ1n) is 10.2. The first-order valence-corrected chi connectivity index (χ1v) is 10.2. The molecule has 2 heterocycles. The smallest absolute Gasteiger partial charge is 0.255 e. The van der Waals surface area contributed by atoms with E-state index in [1.165, 1.54) is 0 Å². The second-order valence-corrected chi connectivity index (χ2v) is 7.62. The van der Waals surface area contributed by atoms with E-state index in [2.05, 4.69) is 5.32 Å². The van der Waals surface area contributed by atoms with Crippen LogP contribution in [-0.4, -0.2) is 35.7 Å². The van der Waals surface area contributed by atoms with Gasteiger partial charge in [0.1, 0.15) is 0 Å². The van der Waals surface area contributed by atoms with Gasteiger partial charge in [0.25, 0.3) is 5.91 Å². The third-order valence-electron chi connectivity index (χ3n) is 5.50. The van der Waals surface area contributed by atoms with Crippen molar-refractivity contribution in [2.24, 2.45) is 0 Å². The van der Waals surface area contributed by atoms with E-state index in [1.54, 1.807) is 17.0 Å². The lowest BCUT2D eigenvalue weighted by molar-refractivity contribution is -0.128. The Morgan fingerprint density at radius 2 is 1.69 bits per heavy atom. The molecule has 2 fully saturated rings. The Balaban J connectivity index is 1.40. The molecule has 4 rings (SSSR count). The van der Waals surface area contributed by atoms with Gasteiger partial charge in [0.2, 0.25) is 11.8 Å². The van der Waals surface area contributed by atoms with Crippen LogP contribution in [0, 0.1) is 0 Å². The molecule has 2 saturated heterocycles. The summed E-state index contributed by atoms with van der Waals surface area (Å²) >= 11 is 0. The number of likely N-dealkylation sites (tertiary alicyclic amines) is 1. The number of piperidine rings is 1. The molecule has 2 aliphatic rings. The minimum atomic E-state index is -0.198. The fourth-order valence-corrected chi connectivity index (χ4v) is 3.89. The first-order chi connectivity index (χ1) is 14.1. The van der Waals surface area contributed by atoms with Gasteiger partial charge in [-0.15, -0.1) is 0 Å². The summed E-state index contributed by atoms with van der Waals surface area (Å²) in [5.41, 5.74) is 3.05. The summed E-state index contributed by atoms with van der Waals surface area (Å²) in [5, 5.41) is 2.91. The monoisotopic (exact) mass is 391 g/mol. The number of carbonyl (C=O) groups is 3. The molecule has 2 aromatic carbocycles.